The van der Waals surface area contributed by atoms with Crippen molar-refractivity contribution in [2.75, 3.05) is 24.8 Å². The van der Waals surface area contributed by atoms with Crippen LogP contribution in [0.1, 0.15) is 46.1 Å². The predicted octanol–water partition coefficient (Wildman–Crippen LogP) is 3.72. The van der Waals surface area contributed by atoms with Crippen LogP contribution in [0.5, 0.6) is 11.5 Å². The first-order valence-electron chi connectivity index (χ1n) is 12.1. The monoisotopic (exact) mass is 487 g/mol. The van der Waals surface area contributed by atoms with Crippen LogP contribution in [0.3, 0.4) is 0 Å². The molecule has 178 valence electrons. The number of carbonyl (C=O) groups is 1. The highest BCUT2D eigenvalue weighted by Crippen LogP contribution is 2.48. The van der Waals surface area contributed by atoms with E-state index < -0.39 is 11.2 Å². The molecule has 7 rings (SSSR count). The Morgan fingerprint density at radius 3 is 2.83 bits per heavy atom. The molecule has 3 aromatic rings. The molecule has 1 N–H and O–H groups in total. The quantitative estimate of drug-likeness (QED) is 0.521. The van der Waals surface area contributed by atoms with Gasteiger partial charge in [-0.25, -0.2) is 0 Å². The van der Waals surface area contributed by atoms with Crippen molar-refractivity contribution in [3.8, 4) is 11.5 Å². The van der Waals surface area contributed by atoms with Crippen LogP contribution in [-0.4, -0.2) is 40.4 Å². The van der Waals surface area contributed by atoms with Gasteiger partial charge in [0, 0.05) is 35.0 Å². The van der Waals surface area contributed by atoms with Crippen molar-refractivity contribution in [1.82, 2.24) is 9.58 Å². The number of hydrogen-bond acceptors (Lipinski definition) is 6. The molecule has 1 fully saturated rings. The number of carbonyl (C=O) groups excluding carboxylic acids is 1. The summed E-state index contributed by atoms with van der Waals surface area (Å²) in [4.78, 5) is 28.9. The highest BCUT2D eigenvalue weighted by molar-refractivity contribution is 7.98. The smallest absolute Gasteiger partial charge is 0.277 e. The molecular formula is C27H25N3O4S. The molecule has 1 unspecified atom stereocenters. The lowest BCUT2D eigenvalue weighted by molar-refractivity contribution is 0.0671. The highest BCUT2D eigenvalue weighted by atomic mass is 32.2. The van der Waals surface area contributed by atoms with Crippen molar-refractivity contribution in [2.45, 2.75) is 29.5 Å². The SMILES string of the molecule is O=C1c2c(O)c(=O)ccn2N2CN1CC[C@H]1C[C@H]1COc1cccc3c1C2c1ccccc1SC3. The summed E-state index contributed by atoms with van der Waals surface area (Å²) in [5.74, 6) is 1.90. The maximum atomic E-state index is 13.5. The first-order valence-corrected chi connectivity index (χ1v) is 13.1. The molecule has 1 saturated carbocycles. The first kappa shape index (κ1) is 20.9. The van der Waals surface area contributed by atoms with Crippen LogP contribution in [0.15, 0.2) is 64.4 Å². The van der Waals surface area contributed by atoms with Gasteiger partial charge in [0.05, 0.1) is 6.61 Å². The number of thioether (sulfide) groups is 1. The molecule has 2 aromatic carbocycles. The summed E-state index contributed by atoms with van der Waals surface area (Å²) in [7, 11) is 0. The number of rotatable bonds is 0. The Balaban J connectivity index is 1.51. The van der Waals surface area contributed by atoms with Gasteiger partial charge in [-0.15, -0.1) is 11.8 Å². The van der Waals surface area contributed by atoms with E-state index >= 15 is 0 Å². The van der Waals surface area contributed by atoms with Gasteiger partial charge in [-0.3, -0.25) is 19.3 Å². The molecule has 0 saturated heterocycles. The second kappa shape index (κ2) is 7.81. The molecule has 35 heavy (non-hydrogen) atoms. The van der Waals surface area contributed by atoms with Crippen LogP contribution < -0.4 is 15.2 Å². The molecule has 1 aliphatic carbocycles. The van der Waals surface area contributed by atoms with Gasteiger partial charge in [0.25, 0.3) is 5.91 Å². The maximum Gasteiger partial charge on any atom is 0.277 e. The highest BCUT2D eigenvalue weighted by Gasteiger charge is 2.43. The van der Waals surface area contributed by atoms with Crippen molar-refractivity contribution in [3.05, 3.63) is 87.3 Å². The Morgan fingerprint density at radius 2 is 1.91 bits per heavy atom. The van der Waals surface area contributed by atoms with E-state index in [4.69, 9.17) is 4.74 Å². The summed E-state index contributed by atoms with van der Waals surface area (Å²) < 4.78 is 8.18. The minimum Gasteiger partial charge on any atom is -0.502 e. The fourth-order valence-corrected chi connectivity index (χ4v) is 6.85. The minimum atomic E-state index is -0.545. The van der Waals surface area contributed by atoms with E-state index in [1.54, 1.807) is 27.5 Å². The first-order chi connectivity index (χ1) is 17.1. The third-order valence-electron chi connectivity index (χ3n) is 7.75. The molecule has 3 atom stereocenters. The lowest BCUT2D eigenvalue weighted by atomic mass is 9.93. The minimum absolute atomic E-state index is 0.0301. The molecule has 2 bridgehead atoms. The number of amides is 1. The fraction of sp³-hybridized carbons (Fsp3) is 0.333. The van der Waals surface area contributed by atoms with Crippen LogP contribution in [-0.2, 0) is 5.75 Å². The average molecular weight is 488 g/mol. The third kappa shape index (κ3) is 3.26. The Kier molecular flexibility index (Phi) is 4.67. The fourth-order valence-electron chi connectivity index (χ4n) is 5.76. The summed E-state index contributed by atoms with van der Waals surface area (Å²) in [5.41, 5.74) is 2.88. The average Bonchev–Trinajstić information content (AvgIpc) is 3.65. The number of aromatic nitrogens is 1. The van der Waals surface area contributed by atoms with Gasteiger partial charge in [-0.1, -0.05) is 30.3 Å². The van der Waals surface area contributed by atoms with Crippen LogP contribution in [0.2, 0.25) is 0 Å². The molecule has 0 radical (unpaired) electrons. The Labute approximate surface area is 206 Å². The number of benzene rings is 2. The van der Waals surface area contributed by atoms with E-state index in [0.29, 0.717) is 31.7 Å². The number of ether oxygens (including phenoxy) is 1. The van der Waals surface area contributed by atoms with Crippen LogP contribution in [0.25, 0.3) is 0 Å². The van der Waals surface area contributed by atoms with Gasteiger partial charge in [0.15, 0.2) is 11.4 Å². The molecule has 8 heteroatoms. The van der Waals surface area contributed by atoms with Gasteiger partial charge < -0.3 is 14.7 Å². The zero-order chi connectivity index (χ0) is 23.7. The van der Waals surface area contributed by atoms with E-state index in [9.17, 15) is 14.7 Å². The molecule has 1 amide bonds. The van der Waals surface area contributed by atoms with Crippen LogP contribution >= 0.6 is 11.8 Å². The molecule has 0 spiro atoms. The van der Waals surface area contributed by atoms with E-state index in [-0.39, 0.29) is 17.6 Å². The number of hydrogen-bond donors (Lipinski definition) is 1. The molecule has 4 aliphatic rings. The van der Waals surface area contributed by atoms with Crippen LogP contribution in [0.4, 0.5) is 0 Å². The van der Waals surface area contributed by atoms with E-state index in [0.717, 1.165) is 35.5 Å². The number of fused-ring (bicyclic) bond motifs is 8. The van der Waals surface area contributed by atoms with Crippen molar-refractivity contribution < 1.29 is 14.6 Å². The van der Waals surface area contributed by atoms with Crippen molar-refractivity contribution in [2.24, 2.45) is 11.8 Å². The largest absolute Gasteiger partial charge is 0.502 e. The lowest BCUT2D eigenvalue weighted by Gasteiger charge is -2.44. The third-order valence-corrected chi connectivity index (χ3v) is 8.89. The second-order valence-electron chi connectivity index (χ2n) is 9.78. The second-order valence-corrected chi connectivity index (χ2v) is 10.8. The number of aromatic hydroxyl groups is 1. The normalized spacial score (nSPS) is 24.5. The van der Waals surface area contributed by atoms with Crippen LogP contribution in [0, 0.1) is 11.8 Å². The molecule has 3 aliphatic heterocycles. The van der Waals surface area contributed by atoms with Crippen molar-refractivity contribution in [3.63, 3.8) is 0 Å². The molecular weight excluding hydrogens is 462 g/mol. The molecule has 4 heterocycles. The van der Waals surface area contributed by atoms with E-state index in [1.165, 1.54) is 16.5 Å². The zero-order valence-electron chi connectivity index (χ0n) is 19.1. The Morgan fingerprint density at radius 1 is 1.03 bits per heavy atom. The number of pyridine rings is 1. The number of nitrogens with zero attached hydrogens (tertiary/aromatic N) is 3. The maximum absolute atomic E-state index is 13.5. The van der Waals surface area contributed by atoms with E-state index in [2.05, 4.69) is 29.3 Å². The Bertz CT molecular complexity index is 1420. The van der Waals surface area contributed by atoms with Gasteiger partial charge in [0.2, 0.25) is 5.43 Å². The predicted molar refractivity (Wildman–Crippen MR) is 132 cm³/mol. The van der Waals surface area contributed by atoms with Gasteiger partial charge in [0.1, 0.15) is 18.5 Å². The summed E-state index contributed by atoms with van der Waals surface area (Å²) in [6.45, 7) is 1.61. The Hall–Kier alpha value is -3.39. The van der Waals surface area contributed by atoms with Crippen molar-refractivity contribution in [1.29, 1.82) is 0 Å². The summed E-state index contributed by atoms with van der Waals surface area (Å²) >= 11 is 1.80. The summed E-state index contributed by atoms with van der Waals surface area (Å²) in [5, 5.41) is 12.9. The lowest BCUT2D eigenvalue weighted by Crippen LogP contribution is -2.55. The van der Waals surface area contributed by atoms with Gasteiger partial charge >= 0.3 is 0 Å². The van der Waals surface area contributed by atoms with E-state index in [1.807, 2.05) is 18.2 Å². The molecule has 7 nitrogen and oxygen atoms in total. The standard InChI is InChI=1S/C27H25N3O4S/c31-20-9-11-29-25(26(20)32)27(33)28-10-8-16-12-18(16)13-34-21-6-3-4-17-14-35-22-7-2-1-5-19(22)24(23(17)21)30(29)15-28/h1-7,9,11,16,18,24,32H,8,10,12-15H2/t16-,18-,24?/m0/s1. The van der Waals surface area contributed by atoms with Gasteiger partial charge in [-0.2, -0.15) is 0 Å². The molecule has 1 aromatic heterocycles. The summed E-state index contributed by atoms with van der Waals surface area (Å²) in [6.07, 6.45) is 3.60. The summed E-state index contributed by atoms with van der Waals surface area (Å²) in [6, 6.07) is 15.7. The zero-order valence-corrected chi connectivity index (χ0v) is 19.9. The van der Waals surface area contributed by atoms with Crippen molar-refractivity contribution >= 4 is 17.7 Å². The van der Waals surface area contributed by atoms with Gasteiger partial charge in [-0.05, 0) is 47.9 Å². The topological polar surface area (TPSA) is 75.0 Å².